The van der Waals surface area contributed by atoms with Crippen molar-refractivity contribution < 1.29 is 4.79 Å². The summed E-state index contributed by atoms with van der Waals surface area (Å²) < 4.78 is 2.89. The standard InChI is InChI=1S/C15H13BrN2OS/c1-2-14-17-11-5-3-4-6-12(11)18(14)9-13(19)15-10(16)7-8-20-15/h3-8H,2,9H2,1H3. The third-order valence-electron chi connectivity index (χ3n) is 3.22. The van der Waals surface area contributed by atoms with Crippen molar-refractivity contribution in [3.63, 3.8) is 0 Å². The van der Waals surface area contributed by atoms with Crippen LogP contribution >= 0.6 is 27.3 Å². The van der Waals surface area contributed by atoms with Crippen LogP contribution in [-0.2, 0) is 13.0 Å². The number of carbonyl (C=O) groups excluding carboxylic acids is 1. The lowest BCUT2D eigenvalue weighted by molar-refractivity contribution is 0.0975. The van der Waals surface area contributed by atoms with Gasteiger partial charge in [-0.2, -0.15) is 0 Å². The van der Waals surface area contributed by atoms with Crippen molar-refractivity contribution in [2.45, 2.75) is 19.9 Å². The molecule has 102 valence electrons. The third-order valence-corrected chi connectivity index (χ3v) is 5.10. The van der Waals surface area contributed by atoms with Gasteiger partial charge in [0.15, 0.2) is 5.78 Å². The van der Waals surface area contributed by atoms with E-state index in [1.54, 1.807) is 0 Å². The van der Waals surface area contributed by atoms with E-state index < -0.39 is 0 Å². The summed E-state index contributed by atoms with van der Waals surface area (Å²) in [5.41, 5.74) is 1.97. The van der Waals surface area contributed by atoms with Crippen LogP contribution in [0.1, 0.15) is 22.4 Å². The van der Waals surface area contributed by atoms with Crippen LogP contribution < -0.4 is 0 Å². The zero-order valence-corrected chi connectivity index (χ0v) is 13.4. The van der Waals surface area contributed by atoms with Gasteiger partial charge in [-0.05, 0) is 39.5 Å². The lowest BCUT2D eigenvalue weighted by Crippen LogP contribution is -2.12. The number of halogens is 1. The van der Waals surface area contributed by atoms with Crippen LogP contribution in [0.25, 0.3) is 11.0 Å². The predicted molar refractivity (Wildman–Crippen MR) is 85.5 cm³/mol. The Morgan fingerprint density at radius 1 is 1.35 bits per heavy atom. The highest BCUT2D eigenvalue weighted by molar-refractivity contribution is 9.10. The molecule has 2 aromatic heterocycles. The fraction of sp³-hybridized carbons (Fsp3) is 0.200. The van der Waals surface area contributed by atoms with Crippen molar-refractivity contribution in [3.8, 4) is 0 Å². The Hall–Kier alpha value is -1.46. The molecule has 3 nitrogen and oxygen atoms in total. The van der Waals surface area contributed by atoms with E-state index in [0.29, 0.717) is 6.54 Å². The van der Waals surface area contributed by atoms with Crippen LogP contribution in [0.5, 0.6) is 0 Å². The maximum atomic E-state index is 12.4. The van der Waals surface area contributed by atoms with Crippen LogP contribution in [0.15, 0.2) is 40.2 Å². The quantitative estimate of drug-likeness (QED) is 0.658. The van der Waals surface area contributed by atoms with Gasteiger partial charge in [0.2, 0.25) is 0 Å². The Bertz CT molecular complexity index is 775. The lowest BCUT2D eigenvalue weighted by Gasteiger charge is -2.06. The lowest BCUT2D eigenvalue weighted by atomic mass is 10.3. The monoisotopic (exact) mass is 348 g/mol. The Balaban J connectivity index is 2.02. The number of fused-ring (bicyclic) bond motifs is 1. The normalized spacial score (nSPS) is 11.1. The number of benzene rings is 1. The topological polar surface area (TPSA) is 34.9 Å². The number of carbonyl (C=O) groups is 1. The number of rotatable bonds is 4. The molecule has 0 saturated carbocycles. The van der Waals surface area contributed by atoms with Crippen molar-refractivity contribution in [1.29, 1.82) is 0 Å². The van der Waals surface area contributed by atoms with Gasteiger partial charge in [0.05, 0.1) is 22.5 Å². The Kier molecular flexibility index (Phi) is 3.72. The average Bonchev–Trinajstić information content (AvgIpc) is 3.03. The largest absolute Gasteiger partial charge is 0.320 e. The van der Waals surface area contributed by atoms with Gasteiger partial charge < -0.3 is 4.57 Å². The van der Waals surface area contributed by atoms with E-state index in [4.69, 9.17) is 0 Å². The number of hydrogen-bond donors (Lipinski definition) is 0. The fourth-order valence-corrected chi connectivity index (χ4v) is 3.81. The molecule has 5 heteroatoms. The molecule has 3 aromatic rings. The van der Waals surface area contributed by atoms with Crippen molar-refractivity contribution >= 4 is 44.1 Å². The van der Waals surface area contributed by atoms with Crippen LogP contribution in [0.3, 0.4) is 0 Å². The number of aryl methyl sites for hydroxylation is 1. The molecule has 0 N–H and O–H groups in total. The number of aromatic nitrogens is 2. The molecule has 0 unspecified atom stereocenters. The number of Topliss-reactive ketones (excluding diaryl/α,β-unsaturated/α-hetero) is 1. The number of imidazole rings is 1. The summed E-state index contributed by atoms with van der Waals surface area (Å²) >= 11 is 4.89. The van der Waals surface area contributed by atoms with Gasteiger partial charge in [0.25, 0.3) is 0 Å². The number of nitrogens with zero attached hydrogens (tertiary/aromatic N) is 2. The second kappa shape index (κ2) is 5.50. The Labute approximate surface area is 129 Å². The fourth-order valence-electron chi connectivity index (χ4n) is 2.28. The Morgan fingerprint density at radius 2 is 2.15 bits per heavy atom. The molecule has 0 aliphatic rings. The molecule has 3 rings (SSSR count). The molecule has 1 aromatic carbocycles. The van der Waals surface area contributed by atoms with Crippen LogP contribution in [0, 0.1) is 0 Å². The number of para-hydroxylation sites is 2. The Morgan fingerprint density at radius 3 is 2.85 bits per heavy atom. The minimum atomic E-state index is 0.115. The molecule has 0 atom stereocenters. The summed E-state index contributed by atoms with van der Waals surface area (Å²) in [7, 11) is 0. The van der Waals surface area contributed by atoms with Crippen molar-refractivity contribution in [2.24, 2.45) is 0 Å². The maximum Gasteiger partial charge on any atom is 0.193 e. The van der Waals surface area contributed by atoms with Crippen LogP contribution in [0.2, 0.25) is 0 Å². The molecule has 0 amide bonds. The smallest absolute Gasteiger partial charge is 0.193 e. The van der Waals surface area contributed by atoms with Gasteiger partial charge in [-0.1, -0.05) is 19.1 Å². The zero-order valence-electron chi connectivity index (χ0n) is 11.0. The van der Waals surface area contributed by atoms with Crippen molar-refractivity contribution in [3.05, 3.63) is 50.9 Å². The van der Waals surface area contributed by atoms with Gasteiger partial charge in [0.1, 0.15) is 5.82 Å². The molecule has 0 aliphatic carbocycles. The van der Waals surface area contributed by atoms with E-state index in [2.05, 4.69) is 27.8 Å². The minimum absolute atomic E-state index is 0.115. The van der Waals surface area contributed by atoms with E-state index in [0.717, 1.165) is 32.6 Å². The van der Waals surface area contributed by atoms with Crippen LogP contribution in [-0.4, -0.2) is 15.3 Å². The molecule has 0 spiro atoms. The SMILES string of the molecule is CCc1nc2ccccc2n1CC(=O)c1sccc1Br. The van der Waals surface area contributed by atoms with Gasteiger partial charge in [-0.15, -0.1) is 11.3 Å². The third kappa shape index (κ3) is 2.31. The molecule has 0 bridgehead atoms. The summed E-state index contributed by atoms with van der Waals surface area (Å²) in [5, 5.41) is 1.92. The summed E-state index contributed by atoms with van der Waals surface area (Å²) in [6.07, 6.45) is 0.813. The van der Waals surface area contributed by atoms with Crippen LogP contribution in [0.4, 0.5) is 0 Å². The first-order valence-corrected chi connectivity index (χ1v) is 8.08. The number of thiophene rings is 1. The first kappa shape index (κ1) is 13.5. The van der Waals surface area contributed by atoms with Gasteiger partial charge >= 0.3 is 0 Å². The van der Waals surface area contributed by atoms with Crippen molar-refractivity contribution in [1.82, 2.24) is 9.55 Å². The average molecular weight is 349 g/mol. The second-order valence-corrected chi connectivity index (χ2v) is 6.25. The maximum absolute atomic E-state index is 12.4. The van der Waals surface area contributed by atoms with Gasteiger partial charge in [0, 0.05) is 10.9 Å². The first-order chi connectivity index (χ1) is 9.70. The highest BCUT2D eigenvalue weighted by Gasteiger charge is 2.16. The highest BCUT2D eigenvalue weighted by Crippen LogP contribution is 2.25. The first-order valence-electron chi connectivity index (χ1n) is 6.41. The van der Waals surface area contributed by atoms with E-state index >= 15 is 0 Å². The van der Waals surface area contributed by atoms with Crippen molar-refractivity contribution in [2.75, 3.05) is 0 Å². The molecule has 20 heavy (non-hydrogen) atoms. The summed E-state index contributed by atoms with van der Waals surface area (Å²) in [5.74, 6) is 1.07. The van der Waals surface area contributed by atoms with E-state index in [1.807, 2.05) is 40.3 Å². The highest BCUT2D eigenvalue weighted by atomic mass is 79.9. The van der Waals surface area contributed by atoms with Gasteiger partial charge in [-0.25, -0.2) is 4.98 Å². The number of hydrogen-bond acceptors (Lipinski definition) is 3. The summed E-state index contributed by atoms with van der Waals surface area (Å²) in [4.78, 5) is 17.8. The molecular formula is C15H13BrN2OS. The molecular weight excluding hydrogens is 336 g/mol. The van der Waals surface area contributed by atoms with E-state index in [-0.39, 0.29) is 5.78 Å². The van der Waals surface area contributed by atoms with E-state index in [9.17, 15) is 4.79 Å². The summed E-state index contributed by atoms with van der Waals surface area (Å²) in [6, 6.07) is 9.85. The zero-order chi connectivity index (χ0) is 14.1. The molecule has 0 fully saturated rings. The molecule has 0 aliphatic heterocycles. The minimum Gasteiger partial charge on any atom is -0.320 e. The molecule has 0 radical (unpaired) electrons. The van der Waals surface area contributed by atoms with E-state index in [1.165, 1.54) is 11.3 Å². The molecule has 0 saturated heterocycles. The molecule has 2 heterocycles. The summed E-state index contributed by atoms with van der Waals surface area (Å²) in [6.45, 7) is 2.39. The van der Waals surface area contributed by atoms with Gasteiger partial charge in [-0.3, -0.25) is 4.79 Å². The number of ketones is 1. The predicted octanol–water partition coefficient (Wildman–Crippen LogP) is 4.31. The second-order valence-electron chi connectivity index (χ2n) is 4.48.